The number of hydrogen-bond donors (Lipinski definition) is 1. The number of rotatable bonds is 5. The Bertz CT molecular complexity index is 360. The van der Waals surface area contributed by atoms with Gasteiger partial charge in [0.15, 0.2) is 0 Å². The molecule has 1 N–H and O–H groups in total. The Labute approximate surface area is 105 Å². The maximum atomic E-state index is 5.34. The van der Waals surface area contributed by atoms with E-state index in [2.05, 4.69) is 40.2 Å². The summed E-state index contributed by atoms with van der Waals surface area (Å²) in [5.74, 6) is 0. The molecule has 0 fully saturated rings. The summed E-state index contributed by atoms with van der Waals surface area (Å²) in [4.78, 5) is 0. The van der Waals surface area contributed by atoms with Crippen LogP contribution in [0.15, 0.2) is 4.47 Å². The van der Waals surface area contributed by atoms with Gasteiger partial charge in [-0.3, -0.25) is 4.68 Å². The predicted molar refractivity (Wildman–Crippen MR) is 68.4 cm³/mol. The fraction of sp³-hybridized carbons (Fsp3) is 0.727. The number of aryl methyl sites for hydroxylation is 2. The van der Waals surface area contributed by atoms with Gasteiger partial charge in [-0.2, -0.15) is 5.10 Å². The lowest BCUT2D eigenvalue weighted by molar-refractivity contribution is 0.0229. The highest BCUT2D eigenvalue weighted by atomic mass is 79.9. The molecule has 0 amide bonds. The van der Waals surface area contributed by atoms with E-state index in [0.29, 0.717) is 0 Å². The van der Waals surface area contributed by atoms with Gasteiger partial charge in [0.1, 0.15) is 0 Å². The second kappa shape index (κ2) is 5.29. The molecule has 0 aliphatic heterocycles. The number of nitrogens with zero attached hydrogens (tertiary/aromatic N) is 2. The van der Waals surface area contributed by atoms with Crippen molar-refractivity contribution in [3.05, 3.63) is 15.9 Å². The van der Waals surface area contributed by atoms with Crippen LogP contribution in [0.1, 0.15) is 25.2 Å². The SMILES string of the molecule is COC(C)(C)CNCc1c(Br)c(C)nn1C. The molecule has 1 rings (SSSR count). The van der Waals surface area contributed by atoms with Crippen molar-refractivity contribution in [2.45, 2.75) is 32.9 Å². The first kappa shape index (κ1) is 13.7. The molecule has 0 aliphatic rings. The summed E-state index contributed by atoms with van der Waals surface area (Å²) >= 11 is 3.54. The minimum absolute atomic E-state index is 0.139. The first-order chi connectivity index (χ1) is 7.37. The van der Waals surface area contributed by atoms with Gasteiger partial charge in [0.25, 0.3) is 0 Å². The van der Waals surface area contributed by atoms with E-state index >= 15 is 0 Å². The normalized spacial score (nSPS) is 12.1. The van der Waals surface area contributed by atoms with E-state index in [1.165, 1.54) is 0 Å². The van der Waals surface area contributed by atoms with Crippen LogP contribution in [0.5, 0.6) is 0 Å². The number of ether oxygens (including phenoxy) is 1. The quantitative estimate of drug-likeness (QED) is 0.901. The highest BCUT2D eigenvalue weighted by molar-refractivity contribution is 9.10. The molecule has 0 aromatic carbocycles. The minimum atomic E-state index is -0.139. The van der Waals surface area contributed by atoms with Gasteiger partial charge in [0, 0.05) is 27.2 Å². The molecule has 1 aromatic heterocycles. The Balaban J connectivity index is 2.55. The van der Waals surface area contributed by atoms with E-state index < -0.39 is 0 Å². The topological polar surface area (TPSA) is 39.1 Å². The average Bonchev–Trinajstić information content (AvgIpc) is 2.44. The summed E-state index contributed by atoms with van der Waals surface area (Å²) in [7, 11) is 3.68. The van der Waals surface area contributed by atoms with Gasteiger partial charge in [-0.25, -0.2) is 0 Å². The van der Waals surface area contributed by atoms with Crippen LogP contribution in [0.4, 0.5) is 0 Å². The Morgan fingerprint density at radius 3 is 2.56 bits per heavy atom. The number of nitrogens with one attached hydrogen (secondary N) is 1. The number of halogens is 1. The van der Waals surface area contributed by atoms with E-state index in [1.807, 2.05) is 18.7 Å². The van der Waals surface area contributed by atoms with Crippen LogP contribution < -0.4 is 5.32 Å². The van der Waals surface area contributed by atoms with Gasteiger partial charge in [-0.15, -0.1) is 0 Å². The third kappa shape index (κ3) is 3.30. The van der Waals surface area contributed by atoms with Crippen LogP contribution >= 0.6 is 15.9 Å². The lowest BCUT2D eigenvalue weighted by Crippen LogP contribution is -2.36. The van der Waals surface area contributed by atoms with Gasteiger partial charge in [0.05, 0.1) is 21.5 Å². The second-order valence-electron chi connectivity index (χ2n) is 4.54. The van der Waals surface area contributed by atoms with Crippen molar-refractivity contribution in [2.24, 2.45) is 7.05 Å². The van der Waals surface area contributed by atoms with Crippen molar-refractivity contribution in [3.8, 4) is 0 Å². The maximum Gasteiger partial charge on any atom is 0.0746 e. The molecule has 0 spiro atoms. The van der Waals surface area contributed by atoms with Crippen LogP contribution in [0.25, 0.3) is 0 Å². The monoisotopic (exact) mass is 289 g/mol. The van der Waals surface area contributed by atoms with Crippen LogP contribution in [-0.4, -0.2) is 29.0 Å². The molecule has 1 aromatic rings. The minimum Gasteiger partial charge on any atom is -0.377 e. The Kier molecular flexibility index (Phi) is 4.52. The van der Waals surface area contributed by atoms with Crippen molar-refractivity contribution in [1.82, 2.24) is 15.1 Å². The van der Waals surface area contributed by atoms with E-state index in [9.17, 15) is 0 Å². The summed E-state index contributed by atoms with van der Waals surface area (Å²) in [5.41, 5.74) is 2.04. The maximum absolute atomic E-state index is 5.34. The summed E-state index contributed by atoms with van der Waals surface area (Å²) in [6.07, 6.45) is 0. The molecule has 5 heteroatoms. The summed E-state index contributed by atoms with van der Waals surface area (Å²) in [6.45, 7) is 7.70. The highest BCUT2D eigenvalue weighted by Gasteiger charge is 2.16. The summed E-state index contributed by atoms with van der Waals surface area (Å²) in [5, 5.41) is 7.72. The number of aromatic nitrogens is 2. The van der Waals surface area contributed by atoms with E-state index in [1.54, 1.807) is 7.11 Å². The molecular formula is C11H20BrN3O. The summed E-state index contributed by atoms with van der Waals surface area (Å²) in [6, 6.07) is 0. The smallest absolute Gasteiger partial charge is 0.0746 e. The largest absolute Gasteiger partial charge is 0.377 e. The third-order valence-corrected chi connectivity index (χ3v) is 3.69. The van der Waals surface area contributed by atoms with Crippen molar-refractivity contribution in [2.75, 3.05) is 13.7 Å². The van der Waals surface area contributed by atoms with Crippen LogP contribution in [-0.2, 0) is 18.3 Å². The van der Waals surface area contributed by atoms with E-state index in [-0.39, 0.29) is 5.60 Å². The standard InChI is InChI=1S/C11H20BrN3O/c1-8-10(12)9(15(4)14-8)6-13-7-11(2,3)16-5/h13H,6-7H2,1-5H3. The third-order valence-electron chi connectivity index (χ3n) is 2.66. The molecule has 0 radical (unpaired) electrons. The van der Waals surface area contributed by atoms with Crippen LogP contribution in [0, 0.1) is 6.92 Å². The van der Waals surface area contributed by atoms with Crippen molar-refractivity contribution < 1.29 is 4.74 Å². The first-order valence-corrected chi connectivity index (χ1v) is 6.10. The Morgan fingerprint density at radius 2 is 2.12 bits per heavy atom. The molecule has 4 nitrogen and oxygen atoms in total. The molecule has 0 bridgehead atoms. The average molecular weight is 290 g/mol. The zero-order valence-electron chi connectivity index (χ0n) is 10.6. The van der Waals surface area contributed by atoms with Gasteiger partial charge in [-0.1, -0.05) is 0 Å². The predicted octanol–water partition coefficient (Wildman–Crippen LogP) is 2.01. The van der Waals surface area contributed by atoms with Gasteiger partial charge in [0.2, 0.25) is 0 Å². The van der Waals surface area contributed by atoms with E-state index in [0.717, 1.165) is 29.0 Å². The molecule has 0 saturated heterocycles. The molecule has 0 saturated carbocycles. The molecule has 16 heavy (non-hydrogen) atoms. The Hall–Kier alpha value is -0.390. The zero-order valence-corrected chi connectivity index (χ0v) is 12.2. The molecule has 0 aliphatic carbocycles. The summed E-state index contributed by atoms with van der Waals surface area (Å²) < 4.78 is 8.32. The fourth-order valence-electron chi connectivity index (χ4n) is 1.43. The second-order valence-corrected chi connectivity index (χ2v) is 5.33. The fourth-order valence-corrected chi connectivity index (χ4v) is 1.90. The number of methoxy groups -OCH3 is 1. The molecule has 0 atom stereocenters. The van der Waals surface area contributed by atoms with E-state index in [4.69, 9.17) is 4.74 Å². The Morgan fingerprint density at radius 1 is 1.50 bits per heavy atom. The lowest BCUT2D eigenvalue weighted by Gasteiger charge is -2.23. The van der Waals surface area contributed by atoms with Crippen LogP contribution in [0.3, 0.4) is 0 Å². The zero-order chi connectivity index (χ0) is 12.3. The van der Waals surface area contributed by atoms with Gasteiger partial charge in [-0.05, 0) is 36.7 Å². The van der Waals surface area contributed by atoms with Gasteiger partial charge >= 0.3 is 0 Å². The number of hydrogen-bond acceptors (Lipinski definition) is 3. The van der Waals surface area contributed by atoms with Crippen molar-refractivity contribution >= 4 is 15.9 Å². The lowest BCUT2D eigenvalue weighted by atomic mass is 10.1. The molecule has 92 valence electrons. The molecule has 0 unspecified atom stereocenters. The highest BCUT2D eigenvalue weighted by Crippen LogP contribution is 2.20. The first-order valence-electron chi connectivity index (χ1n) is 5.31. The van der Waals surface area contributed by atoms with Gasteiger partial charge < -0.3 is 10.1 Å². The van der Waals surface area contributed by atoms with Crippen molar-refractivity contribution in [1.29, 1.82) is 0 Å². The van der Waals surface area contributed by atoms with Crippen molar-refractivity contribution in [3.63, 3.8) is 0 Å². The van der Waals surface area contributed by atoms with Crippen LogP contribution in [0.2, 0.25) is 0 Å². The molecular weight excluding hydrogens is 270 g/mol. The molecule has 1 heterocycles.